The third kappa shape index (κ3) is 5.05. The first kappa shape index (κ1) is 20.9. The maximum Gasteiger partial charge on any atom is 0.350 e. The Labute approximate surface area is 165 Å². The summed E-state index contributed by atoms with van der Waals surface area (Å²) < 4.78 is 16.0. The first-order chi connectivity index (χ1) is 12.8. The van der Waals surface area contributed by atoms with Crippen molar-refractivity contribution in [3.8, 4) is 17.6 Å². The third-order valence-corrected chi connectivity index (χ3v) is 5.69. The molecule has 27 heavy (non-hydrogen) atoms. The molecular formula is C18H17NO6S2. The van der Waals surface area contributed by atoms with Gasteiger partial charge in [-0.15, -0.1) is 0 Å². The molecule has 1 aliphatic rings. The van der Waals surface area contributed by atoms with Gasteiger partial charge in [-0.2, -0.15) is 5.26 Å². The second-order valence-corrected chi connectivity index (χ2v) is 7.87. The van der Waals surface area contributed by atoms with E-state index >= 15 is 0 Å². The van der Waals surface area contributed by atoms with Gasteiger partial charge in [-0.1, -0.05) is 30.4 Å². The van der Waals surface area contributed by atoms with Gasteiger partial charge in [-0.25, -0.2) is 4.79 Å². The molecule has 0 aliphatic carbocycles. The van der Waals surface area contributed by atoms with Crippen molar-refractivity contribution in [2.45, 2.75) is 50.0 Å². The van der Waals surface area contributed by atoms with Crippen LogP contribution in [0.2, 0.25) is 0 Å². The van der Waals surface area contributed by atoms with Crippen LogP contribution in [0.4, 0.5) is 0 Å². The summed E-state index contributed by atoms with van der Waals surface area (Å²) in [4.78, 5) is 36.2. The largest absolute Gasteiger partial charge is 0.459 e. The van der Waals surface area contributed by atoms with E-state index in [1.807, 2.05) is 6.07 Å². The molecule has 1 aromatic carbocycles. The number of hydrogen-bond donors (Lipinski definition) is 0. The molecule has 0 radical (unpaired) electrons. The van der Waals surface area contributed by atoms with E-state index in [-0.39, 0.29) is 29.6 Å². The predicted octanol–water partition coefficient (Wildman–Crippen LogP) is 3.81. The summed E-state index contributed by atoms with van der Waals surface area (Å²) in [6, 6.07) is 4.88. The Morgan fingerprint density at radius 3 is 2.11 bits per heavy atom. The molecule has 0 aromatic heterocycles. The fraction of sp³-hybridized carbons (Fsp3) is 0.333. The van der Waals surface area contributed by atoms with E-state index in [1.54, 1.807) is 20.8 Å². The van der Waals surface area contributed by atoms with E-state index in [0.717, 1.165) is 23.5 Å². The average molecular weight is 407 g/mol. The summed E-state index contributed by atoms with van der Waals surface area (Å²) in [5.41, 5.74) is -0.156. The summed E-state index contributed by atoms with van der Waals surface area (Å²) in [5.74, 6) is -1.15. The highest BCUT2D eigenvalue weighted by atomic mass is 32.2. The van der Waals surface area contributed by atoms with Crippen molar-refractivity contribution in [2.24, 2.45) is 0 Å². The second kappa shape index (κ2) is 8.97. The number of hydrogen-bond acceptors (Lipinski definition) is 9. The zero-order valence-corrected chi connectivity index (χ0v) is 16.8. The number of nitrogens with zero attached hydrogens (tertiary/aromatic N) is 1. The van der Waals surface area contributed by atoms with E-state index < -0.39 is 17.9 Å². The lowest BCUT2D eigenvalue weighted by atomic mass is 10.3. The summed E-state index contributed by atoms with van der Waals surface area (Å²) >= 11 is 2.19. The van der Waals surface area contributed by atoms with E-state index in [2.05, 4.69) is 0 Å². The topological polar surface area (TPSA) is 103 Å². The Balaban J connectivity index is 2.49. The van der Waals surface area contributed by atoms with Crippen LogP contribution < -0.4 is 9.47 Å². The Morgan fingerprint density at radius 1 is 1.11 bits per heavy atom. The Hall–Kier alpha value is -2.44. The van der Waals surface area contributed by atoms with Crippen LogP contribution in [0.15, 0.2) is 31.7 Å². The first-order valence-corrected chi connectivity index (χ1v) is 9.67. The van der Waals surface area contributed by atoms with Gasteiger partial charge in [-0.05, 0) is 26.0 Å². The molecule has 7 nitrogen and oxygen atoms in total. The average Bonchev–Trinajstić information content (AvgIpc) is 3.02. The molecule has 0 bridgehead atoms. The molecular weight excluding hydrogens is 390 g/mol. The Morgan fingerprint density at radius 2 is 1.67 bits per heavy atom. The van der Waals surface area contributed by atoms with Crippen LogP contribution in [0.5, 0.6) is 11.5 Å². The van der Waals surface area contributed by atoms with Gasteiger partial charge in [0.05, 0.1) is 20.1 Å². The molecule has 1 heterocycles. The molecule has 0 saturated heterocycles. The van der Waals surface area contributed by atoms with Crippen LogP contribution in [0.1, 0.15) is 34.1 Å². The summed E-state index contributed by atoms with van der Waals surface area (Å²) in [6.07, 6.45) is -0.191. The van der Waals surface area contributed by atoms with Gasteiger partial charge in [0.1, 0.15) is 17.6 Å². The standard InChI is InChI=1S/C18H17NO6S2/c1-5-14(21)25-13-7-6-12(24-10(4)20)15-16(13)27-18(26-15)11(8-19)17(22)23-9(2)3/h6-7,9H,5H2,1-4H3/b18-11-. The van der Waals surface area contributed by atoms with Gasteiger partial charge in [0.2, 0.25) is 0 Å². The van der Waals surface area contributed by atoms with Crippen molar-refractivity contribution in [1.29, 1.82) is 5.26 Å². The number of nitriles is 1. The van der Waals surface area contributed by atoms with E-state index in [4.69, 9.17) is 14.2 Å². The SMILES string of the molecule is CCC(=O)Oc1ccc(OC(C)=O)c2c1S/C(=C(/C#N)C(=O)OC(C)C)S2. The Kier molecular flexibility index (Phi) is 6.93. The Bertz CT molecular complexity index is 869. The van der Waals surface area contributed by atoms with Crippen LogP contribution in [0, 0.1) is 11.3 Å². The number of rotatable bonds is 5. The van der Waals surface area contributed by atoms with Crippen molar-refractivity contribution in [3.05, 3.63) is 21.9 Å². The molecule has 142 valence electrons. The molecule has 0 spiro atoms. The summed E-state index contributed by atoms with van der Waals surface area (Å²) in [6.45, 7) is 6.30. The van der Waals surface area contributed by atoms with Gasteiger partial charge in [0.15, 0.2) is 5.57 Å². The maximum absolute atomic E-state index is 12.2. The van der Waals surface area contributed by atoms with Crippen LogP contribution in [-0.4, -0.2) is 24.0 Å². The first-order valence-electron chi connectivity index (χ1n) is 8.03. The minimum atomic E-state index is -0.739. The smallest absolute Gasteiger partial charge is 0.350 e. The zero-order valence-electron chi connectivity index (χ0n) is 15.2. The molecule has 1 aliphatic heterocycles. The zero-order chi connectivity index (χ0) is 20.1. The number of thioether (sulfide) groups is 2. The summed E-state index contributed by atoms with van der Waals surface area (Å²) in [5, 5.41) is 9.41. The quantitative estimate of drug-likeness (QED) is 0.312. The number of carbonyl (C=O) groups is 3. The van der Waals surface area contributed by atoms with E-state index in [9.17, 15) is 19.6 Å². The predicted molar refractivity (Wildman–Crippen MR) is 99.3 cm³/mol. The minimum absolute atomic E-state index is 0.156. The van der Waals surface area contributed by atoms with Gasteiger partial charge < -0.3 is 14.2 Å². The lowest BCUT2D eigenvalue weighted by Gasteiger charge is -2.10. The fourth-order valence-electron chi connectivity index (χ4n) is 1.99. The molecule has 0 atom stereocenters. The van der Waals surface area contributed by atoms with Gasteiger partial charge >= 0.3 is 17.9 Å². The highest BCUT2D eigenvalue weighted by Crippen LogP contribution is 2.59. The number of esters is 3. The molecule has 0 saturated carbocycles. The normalized spacial score (nSPS) is 14.2. The molecule has 0 amide bonds. The number of fused-ring (bicyclic) bond motifs is 1. The van der Waals surface area contributed by atoms with Crippen molar-refractivity contribution < 1.29 is 28.6 Å². The highest BCUT2D eigenvalue weighted by molar-refractivity contribution is 8.24. The van der Waals surface area contributed by atoms with E-state index in [0.29, 0.717) is 14.0 Å². The van der Waals surface area contributed by atoms with Crippen LogP contribution in [0.3, 0.4) is 0 Å². The highest BCUT2D eigenvalue weighted by Gasteiger charge is 2.32. The molecule has 2 rings (SSSR count). The lowest BCUT2D eigenvalue weighted by Crippen LogP contribution is -2.13. The van der Waals surface area contributed by atoms with Crippen LogP contribution >= 0.6 is 23.5 Å². The lowest BCUT2D eigenvalue weighted by molar-refractivity contribution is -0.142. The van der Waals surface area contributed by atoms with Crippen molar-refractivity contribution in [3.63, 3.8) is 0 Å². The molecule has 0 unspecified atom stereocenters. The van der Waals surface area contributed by atoms with Gasteiger partial charge in [-0.3, -0.25) is 9.59 Å². The third-order valence-electron chi connectivity index (χ3n) is 3.06. The molecule has 9 heteroatoms. The van der Waals surface area contributed by atoms with Crippen molar-refractivity contribution >= 4 is 41.4 Å². The van der Waals surface area contributed by atoms with Gasteiger partial charge in [0.25, 0.3) is 0 Å². The van der Waals surface area contributed by atoms with Crippen molar-refractivity contribution in [2.75, 3.05) is 0 Å². The van der Waals surface area contributed by atoms with Crippen molar-refractivity contribution in [1.82, 2.24) is 0 Å². The van der Waals surface area contributed by atoms with Crippen LogP contribution in [-0.2, 0) is 19.1 Å². The molecule has 0 N–H and O–H groups in total. The second-order valence-electron chi connectivity index (χ2n) is 5.57. The minimum Gasteiger partial charge on any atom is -0.459 e. The number of ether oxygens (including phenoxy) is 3. The van der Waals surface area contributed by atoms with Gasteiger partial charge in [0, 0.05) is 13.3 Å². The van der Waals surface area contributed by atoms with E-state index in [1.165, 1.54) is 19.1 Å². The molecule has 1 aromatic rings. The fourth-order valence-corrected chi connectivity index (χ4v) is 4.54. The maximum atomic E-state index is 12.2. The monoisotopic (exact) mass is 407 g/mol. The number of benzene rings is 1. The number of carbonyl (C=O) groups excluding carboxylic acids is 3. The summed E-state index contributed by atoms with van der Waals surface area (Å²) in [7, 11) is 0. The molecule has 0 fully saturated rings. The van der Waals surface area contributed by atoms with Crippen LogP contribution in [0.25, 0.3) is 0 Å².